The van der Waals surface area contributed by atoms with Gasteiger partial charge in [0.1, 0.15) is 0 Å². The zero-order chi connectivity index (χ0) is 17.8. The highest BCUT2D eigenvalue weighted by atomic mass is 16.2. The number of carbonyl (C=O) groups excluding carboxylic acids is 2. The van der Waals surface area contributed by atoms with Gasteiger partial charge in [0.2, 0.25) is 5.91 Å². The third-order valence-electron chi connectivity index (χ3n) is 4.28. The van der Waals surface area contributed by atoms with Crippen LogP contribution in [0.4, 0.5) is 16.2 Å². The maximum atomic E-state index is 12.3. The van der Waals surface area contributed by atoms with E-state index in [0.29, 0.717) is 19.5 Å². The fourth-order valence-electron chi connectivity index (χ4n) is 3.05. The van der Waals surface area contributed by atoms with Gasteiger partial charge in [-0.15, -0.1) is 0 Å². The first-order chi connectivity index (χ1) is 12.1. The molecule has 1 aliphatic heterocycles. The number of hydrogen-bond acceptors (Lipinski definition) is 2. The van der Waals surface area contributed by atoms with E-state index in [1.165, 1.54) is 6.08 Å². The molecule has 0 fully saturated rings. The molecule has 1 heterocycles. The normalized spacial score (nSPS) is 12.9. The molecule has 0 radical (unpaired) electrons. The minimum absolute atomic E-state index is 0.0683. The van der Waals surface area contributed by atoms with E-state index in [0.717, 1.165) is 28.1 Å². The number of hydrogen-bond donors (Lipinski definition) is 2. The second kappa shape index (κ2) is 7.21. The minimum Gasteiger partial charge on any atom is -0.335 e. The number of urea groups is 1. The van der Waals surface area contributed by atoms with Gasteiger partial charge in [-0.3, -0.25) is 4.79 Å². The van der Waals surface area contributed by atoms with Crippen molar-refractivity contribution in [2.24, 2.45) is 0 Å². The molecule has 128 valence electrons. The molecular weight excluding hydrogens is 314 g/mol. The maximum Gasteiger partial charge on any atom is 0.323 e. The van der Waals surface area contributed by atoms with Crippen LogP contribution in [0.15, 0.2) is 55.1 Å². The molecule has 5 nitrogen and oxygen atoms in total. The first-order valence-corrected chi connectivity index (χ1v) is 8.23. The molecule has 3 amide bonds. The third-order valence-corrected chi connectivity index (χ3v) is 4.28. The summed E-state index contributed by atoms with van der Waals surface area (Å²) in [6.45, 7) is 6.68. The van der Waals surface area contributed by atoms with Gasteiger partial charge in [-0.1, -0.05) is 30.8 Å². The molecule has 1 aliphatic rings. The molecule has 0 bridgehead atoms. The van der Waals surface area contributed by atoms with Crippen molar-refractivity contribution >= 4 is 23.3 Å². The fraction of sp³-hybridized carbons (Fsp3) is 0.200. The largest absolute Gasteiger partial charge is 0.335 e. The van der Waals surface area contributed by atoms with Gasteiger partial charge in [0.25, 0.3) is 0 Å². The number of aryl methyl sites for hydroxylation is 1. The molecule has 2 aromatic rings. The number of fused-ring (bicyclic) bond motifs is 1. The average Bonchev–Trinajstić information content (AvgIpc) is 2.60. The lowest BCUT2D eigenvalue weighted by molar-refractivity contribution is -0.126. The Morgan fingerprint density at radius 1 is 1.16 bits per heavy atom. The van der Waals surface area contributed by atoms with Gasteiger partial charge in [-0.25, -0.2) is 4.79 Å². The third kappa shape index (κ3) is 3.88. The van der Waals surface area contributed by atoms with Crippen LogP contribution >= 0.6 is 0 Å². The molecule has 0 unspecified atom stereocenters. The highest BCUT2D eigenvalue weighted by Crippen LogP contribution is 2.26. The molecule has 0 spiro atoms. The summed E-state index contributed by atoms with van der Waals surface area (Å²) >= 11 is 0. The number of nitrogens with one attached hydrogen (secondary N) is 2. The molecule has 3 rings (SSSR count). The van der Waals surface area contributed by atoms with Gasteiger partial charge in [-0.05, 0) is 54.3 Å². The Morgan fingerprint density at radius 3 is 2.72 bits per heavy atom. The Hall–Kier alpha value is -3.08. The topological polar surface area (TPSA) is 61.4 Å². The summed E-state index contributed by atoms with van der Waals surface area (Å²) in [6, 6.07) is 13.1. The lowest BCUT2D eigenvalue weighted by atomic mass is 9.97. The number of rotatable bonds is 3. The van der Waals surface area contributed by atoms with E-state index in [2.05, 4.69) is 17.2 Å². The molecule has 0 atom stereocenters. The summed E-state index contributed by atoms with van der Waals surface area (Å²) in [4.78, 5) is 25.9. The van der Waals surface area contributed by atoms with E-state index in [4.69, 9.17) is 0 Å². The number of benzene rings is 2. The van der Waals surface area contributed by atoms with E-state index in [1.807, 2.05) is 49.4 Å². The van der Waals surface area contributed by atoms with Gasteiger partial charge in [0.15, 0.2) is 0 Å². The molecule has 0 aliphatic carbocycles. The Balaban J connectivity index is 1.73. The number of amides is 3. The van der Waals surface area contributed by atoms with E-state index in [-0.39, 0.29) is 11.9 Å². The van der Waals surface area contributed by atoms with E-state index >= 15 is 0 Å². The molecular formula is C20H21N3O2. The van der Waals surface area contributed by atoms with Crippen molar-refractivity contribution in [2.45, 2.75) is 19.9 Å². The zero-order valence-electron chi connectivity index (χ0n) is 14.2. The van der Waals surface area contributed by atoms with E-state index in [1.54, 1.807) is 4.90 Å². The lowest BCUT2D eigenvalue weighted by Crippen LogP contribution is -2.35. The van der Waals surface area contributed by atoms with Crippen molar-refractivity contribution in [2.75, 3.05) is 17.2 Å². The second-order valence-electron chi connectivity index (χ2n) is 6.11. The zero-order valence-corrected chi connectivity index (χ0v) is 14.2. The summed E-state index contributed by atoms with van der Waals surface area (Å²) in [5.74, 6) is -0.0683. The van der Waals surface area contributed by atoms with Crippen molar-refractivity contribution in [3.05, 3.63) is 71.8 Å². The van der Waals surface area contributed by atoms with Crippen LogP contribution in [0, 0.1) is 6.92 Å². The maximum absolute atomic E-state index is 12.3. The van der Waals surface area contributed by atoms with Crippen LogP contribution in [0.5, 0.6) is 0 Å². The van der Waals surface area contributed by atoms with Gasteiger partial charge in [-0.2, -0.15) is 0 Å². The van der Waals surface area contributed by atoms with Crippen LogP contribution in [0.25, 0.3) is 0 Å². The van der Waals surface area contributed by atoms with Crippen molar-refractivity contribution < 1.29 is 9.59 Å². The fourth-order valence-corrected chi connectivity index (χ4v) is 3.05. The van der Waals surface area contributed by atoms with Crippen LogP contribution in [-0.4, -0.2) is 23.4 Å². The molecule has 25 heavy (non-hydrogen) atoms. The van der Waals surface area contributed by atoms with Crippen molar-refractivity contribution in [1.82, 2.24) is 4.90 Å². The smallest absolute Gasteiger partial charge is 0.323 e. The monoisotopic (exact) mass is 335 g/mol. The second-order valence-corrected chi connectivity index (χ2v) is 6.11. The average molecular weight is 335 g/mol. The number of nitrogens with zero attached hydrogens (tertiary/aromatic N) is 1. The summed E-state index contributed by atoms with van der Waals surface area (Å²) in [5, 5.41) is 5.77. The van der Waals surface area contributed by atoms with Crippen LogP contribution in [-0.2, 0) is 17.8 Å². The Bertz CT molecular complexity index is 829. The Kier molecular flexibility index (Phi) is 4.84. The Labute approximate surface area is 147 Å². The number of anilines is 2. The van der Waals surface area contributed by atoms with Crippen molar-refractivity contribution in [1.29, 1.82) is 0 Å². The first kappa shape index (κ1) is 16.8. The van der Waals surface area contributed by atoms with Crippen molar-refractivity contribution in [3.8, 4) is 0 Å². The summed E-state index contributed by atoms with van der Waals surface area (Å²) in [7, 11) is 0. The van der Waals surface area contributed by atoms with Gasteiger partial charge < -0.3 is 15.5 Å². The molecule has 2 aromatic carbocycles. The SMILES string of the molecule is C=CC(=O)N1CCc2c(cccc2NC(=O)Nc2cccc(C)c2)C1. The quantitative estimate of drug-likeness (QED) is 0.840. The highest BCUT2D eigenvalue weighted by molar-refractivity contribution is 6.00. The molecule has 0 saturated heterocycles. The molecule has 0 saturated carbocycles. The molecule has 0 aromatic heterocycles. The highest BCUT2D eigenvalue weighted by Gasteiger charge is 2.21. The number of carbonyl (C=O) groups is 2. The standard InChI is InChI=1S/C20H21N3O2/c1-3-19(24)23-11-10-17-15(13-23)7-5-9-18(17)22-20(25)21-16-8-4-6-14(2)12-16/h3-9,12H,1,10-11,13H2,2H3,(H2,21,22,25). The van der Waals surface area contributed by atoms with Crippen molar-refractivity contribution in [3.63, 3.8) is 0 Å². The van der Waals surface area contributed by atoms with Gasteiger partial charge in [0, 0.05) is 24.5 Å². The Morgan fingerprint density at radius 2 is 1.96 bits per heavy atom. The predicted molar refractivity (Wildman–Crippen MR) is 99.6 cm³/mol. The van der Waals surface area contributed by atoms with E-state index in [9.17, 15) is 9.59 Å². The first-order valence-electron chi connectivity index (χ1n) is 8.23. The van der Waals surface area contributed by atoms with Gasteiger partial charge >= 0.3 is 6.03 Å². The predicted octanol–water partition coefficient (Wildman–Crippen LogP) is 3.71. The molecule has 2 N–H and O–H groups in total. The van der Waals surface area contributed by atoms with Crippen LogP contribution in [0.3, 0.4) is 0 Å². The summed E-state index contributed by atoms with van der Waals surface area (Å²) in [6.07, 6.45) is 2.04. The van der Waals surface area contributed by atoms with Crippen LogP contribution in [0.1, 0.15) is 16.7 Å². The molecule has 5 heteroatoms. The van der Waals surface area contributed by atoms with Crippen LogP contribution < -0.4 is 10.6 Å². The summed E-state index contributed by atoms with van der Waals surface area (Å²) in [5.41, 5.74) is 4.75. The lowest BCUT2D eigenvalue weighted by Gasteiger charge is -2.29. The summed E-state index contributed by atoms with van der Waals surface area (Å²) < 4.78 is 0. The minimum atomic E-state index is -0.274. The van der Waals surface area contributed by atoms with E-state index < -0.39 is 0 Å². The van der Waals surface area contributed by atoms with Gasteiger partial charge in [0.05, 0.1) is 0 Å². The van der Waals surface area contributed by atoms with Crippen LogP contribution in [0.2, 0.25) is 0 Å².